The van der Waals surface area contributed by atoms with Crippen LogP contribution in [0, 0.1) is 18.7 Å². The molecule has 0 saturated carbocycles. The molecule has 0 bridgehead atoms. The first-order valence-corrected chi connectivity index (χ1v) is 6.17. The van der Waals surface area contributed by atoms with Crippen LogP contribution in [0.4, 0.5) is 4.39 Å². The fourth-order valence-electron chi connectivity index (χ4n) is 1.68. The van der Waals surface area contributed by atoms with E-state index in [0.717, 1.165) is 5.56 Å². The Labute approximate surface area is 108 Å². The molecule has 0 aliphatic heterocycles. The van der Waals surface area contributed by atoms with Crippen LogP contribution in [-0.2, 0) is 16.0 Å². The van der Waals surface area contributed by atoms with Crippen molar-refractivity contribution >= 4 is 5.97 Å². The number of halogens is 1. The zero-order valence-corrected chi connectivity index (χ0v) is 11.7. The summed E-state index contributed by atoms with van der Waals surface area (Å²) in [5.41, 5.74) is 1.05. The van der Waals surface area contributed by atoms with Gasteiger partial charge in [0.2, 0.25) is 0 Å². The average molecular weight is 252 g/mol. The third-order valence-corrected chi connectivity index (χ3v) is 2.54. The predicted octanol–water partition coefficient (Wildman–Crippen LogP) is 3.65. The highest BCUT2D eigenvalue weighted by Gasteiger charge is 2.22. The van der Waals surface area contributed by atoms with Crippen molar-refractivity contribution in [2.45, 2.75) is 46.6 Å². The molecular formula is C15H21FO2. The maximum absolute atomic E-state index is 13.6. The van der Waals surface area contributed by atoms with Gasteiger partial charge in [-0.05, 0) is 45.7 Å². The molecule has 1 rings (SSSR count). The summed E-state index contributed by atoms with van der Waals surface area (Å²) in [7, 11) is 0. The quantitative estimate of drug-likeness (QED) is 0.767. The predicted molar refractivity (Wildman–Crippen MR) is 69.9 cm³/mol. The lowest BCUT2D eigenvalue weighted by Gasteiger charge is -2.22. The van der Waals surface area contributed by atoms with Crippen molar-refractivity contribution in [1.82, 2.24) is 0 Å². The third kappa shape index (κ3) is 4.47. The molecular weight excluding hydrogens is 231 g/mol. The second kappa shape index (κ2) is 5.51. The van der Waals surface area contributed by atoms with E-state index < -0.39 is 5.60 Å². The highest BCUT2D eigenvalue weighted by Crippen LogP contribution is 2.18. The van der Waals surface area contributed by atoms with Gasteiger partial charge < -0.3 is 4.74 Å². The molecule has 0 amide bonds. The molecule has 1 aromatic carbocycles. The number of aryl methyl sites for hydroxylation is 1. The van der Waals surface area contributed by atoms with Crippen LogP contribution in [0.3, 0.4) is 0 Å². The first-order valence-electron chi connectivity index (χ1n) is 6.17. The topological polar surface area (TPSA) is 26.3 Å². The average Bonchev–Trinajstić information content (AvgIpc) is 2.21. The van der Waals surface area contributed by atoms with E-state index in [0.29, 0.717) is 12.0 Å². The molecule has 1 atom stereocenters. The number of carbonyl (C=O) groups is 1. The van der Waals surface area contributed by atoms with E-state index in [1.54, 1.807) is 19.1 Å². The van der Waals surface area contributed by atoms with Crippen LogP contribution < -0.4 is 0 Å². The van der Waals surface area contributed by atoms with Gasteiger partial charge in [0.15, 0.2) is 0 Å². The Morgan fingerprint density at radius 2 is 2.00 bits per heavy atom. The summed E-state index contributed by atoms with van der Waals surface area (Å²) in [6, 6.07) is 4.93. The number of benzene rings is 1. The van der Waals surface area contributed by atoms with Crippen LogP contribution in [0.25, 0.3) is 0 Å². The Balaban J connectivity index is 2.72. The molecule has 18 heavy (non-hydrogen) atoms. The van der Waals surface area contributed by atoms with Crippen molar-refractivity contribution in [1.29, 1.82) is 0 Å². The summed E-state index contributed by atoms with van der Waals surface area (Å²) < 4.78 is 18.9. The van der Waals surface area contributed by atoms with Gasteiger partial charge in [0.1, 0.15) is 11.4 Å². The van der Waals surface area contributed by atoms with Crippen LogP contribution in [0.15, 0.2) is 18.2 Å². The first-order chi connectivity index (χ1) is 8.19. The fraction of sp³-hybridized carbons (Fsp3) is 0.533. The second-order valence-corrected chi connectivity index (χ2v) is 5.73. The Morgan fingerprint density at radius 1 is 1.39 bits per heavy atom. The van der Waals surface area contributed by atoms with E-state index >= 15 is 0 Å². The maximum Gasteiger partial charge on any atom is 0.309 e. The van der Waals surface area contributed by atoms with Crippen LogP contribution in [0.2, 0.25) is 0 Å². The molecule has 0 spiro atoms. The lowest BCUT2D eigenvalue weighted by atomic mass is 9.99. The lowest BCUT2D eigenvalue weighted by Crippen LogP contribution is -2.28. The lowest BCUT2D eigenvalue weighted by molar-refractivity contribution is -0.159. The number of esters is 1. The minimum absolute atomic E-state index is 0.268. The Bertz CT molecular complexity index is 433. The van der Waals surface area contributed by atoms with Gasteiger partial charge in [0.25, 0.3) is 0 Å². The third-order valence-electron chi connectivity index (χ3n) is 2.54. The minimum atomic E-state index is -0.503. The van der Waals surface area contributed by atoms with E-state index in [1.165, 1.54) is 6.07 Å². The number of hydrogen-bond acceptors (Lipinski definition) is 2. The maximum atomic E-state index is 13.6. The standard InChI is InChI=1S/C15H21FO2/c1-10-6-7-13(16)12(8-10)9-11(2)14(17)18-15(3,4)5/h6-8,11H,9H2,1-5H3. The molecule has 1 unspecified atom stereocenters. The molecule has 0 aliphatic carbocycles. The highest BCUT2D eigenvalue weighted by atomic mass is 19.1. The zero-order valence-electron chi connectivity index (χ0n) is 11.7. The fourth-order valence-corrected chi connectivity index (χ4v) is 1.68. The van der Waals surface area contributed by atoms with Crippen LogP contribution in [0.1, 0.15) is 38.8 Å². The second-order valence-electron chi connectivity index (χ2n) is 5.73. The molecule has 0 fully saturated rings. The van der Waals surface area contributed by atoms with Crippen molar-refractivity contribution in [3.8, 4) is 0 Å². The zero-order chi connectivity index (χ0) is 13.9. The van der Waals surface area contributed by atoms with Gasteiger partial charge in [0, 0.05) is 0 Å². The summed E-state index contributed by atoms with van der Waals surface area (Å²) in [6.45, 7) is 9.14. The van der Waals surface area contributed by atoms with Gasteiger partial charge in [-0.25, -0.2) is 4.39 Å². The number of carbonyl (C=O) groups excluding carboxylic acids is 1. The number of hydrogen-bond donors (Lipinski definition) is 0. The molecule has 100 valence electrons. The number of ether oxygens (including phenoxy) is 1. The molecule has 0 saturated heterocycles. The summed E-state index contributed by atoms with van der Waals surface area (Å²) in [4.78, 5) is 11.8. The van der Waals surface area contributed by atoms with E-state index in [2.05, 4.69) is 0 Å². The SMILES string of the molecule is Cc1ccc(F)c(CC(C)C(=O)OC(C)(C)C)c1. The van der Waals surface area contributed by atoms with Gasteiger partial charge in [-0.15, -0.1) is 0 Å². The van der Waals surface area contributed by atoms with Gasteiger partial charge in [-0.1, -0.05) is 24.6 Å². The Hall–Kier alpha value is -1.38. The smallest absolute Gasteiger partial charge is 0.309 e. The van der Waals surface area contributed by atoms with Crippen molar-refractivity contribution in [2.24, 2.45) is 5.92 Å². The molecule has 0 aliphatic rings. The first kappa shape index (κ1) is 14.7. The van der Waals surface area contributed by atoms with E-state index in [-0.39, 0.29) is 17.7 Å². The van der Waals surface area contributed by atoms with Crippen LogP contribution in [0.5, 0.6) is 0 Å². The van der Waals surface area contributed by atoms with E-state index in [1.807, 2.05) is 27.7 Å². The molecule has 0 aromatic heterocycles. The van der Waals surface area contributed by atoms with E-state index in [4.69, 9.17) is 4.74 Å². The summed E-state index contributed by atoms with van der Waals surface area (Å²) in [5, 5.41) is 0. The largest absolute Gasteiger partial charge is 0.460 e. The minimum Gasteiger partial charge on any atom is -0.460 e. The van der Waals surface area contributed by atoms with Crippen molar-refractivity contribution < 1.29 is 13.9 Å². The summed E-state index contributed by atoms with van der Waals surface area (Å²) in [6.07, 6.45) is 0.364. The Morgan fingerprint density at radius 3 is 2.56 bits per heavy atom. The normalized spacial score (nSPS) is 13.2. The molecule has 0 radical (unpaired) electrons. The van der Waals surface area contributed by atoms with E-state index in [9.17, 15) is 9.18 Å². The molecule has 1 aromatic rings. The number of rotatable bonds is 3. The van der Waals surface area contributed by atoms with Gasteiger partial charge in [-0.3, -0.25) is 4.79 Å². The van der Waals surface area contributed by atoms with Crippen molar-refractivity contribution in [3.63, 3.8) is 0 Å². The molecule has 3 heteroatoms. The summed E-state index contributed by atoms with van der Waals surface area (Å²) >= 11 is 0. The van der Waals surface area contributed by atoms with Crippen LogP contribution in [-0.4, -0.2) is 11.6 Å². The monoisotopic (exact) mass is 252 g/mol. The van der Waals surface area contributed by atoms with Gasteiger partial charge in [-0.2, -0.15) is 0 Å². The van der Waals surface area contributed by atoms with Gasteiger partial charge >= 0.3 is 5.97 Å². The van der Waals surface area contributed by atoms with Gasteiger partial charge in [0.05, 0.1) is 5.92 Å². The highest BCUT2D eigenvalue weighted by molar-refractivity contribution is 5.72. The summed E-state index contributed by atoms with van der Waals surface area (Å²) in [5.74, 6) is -0.903. The van der Waals surface area contributed by atoms with Crippen molar-refractivity contribution in [2.75, 3.05) is 0 Å². The molecule has 0 heterocycles. The van der Waals surface area contributed by atoms with Crippen LogP contribution >= 0.6 is 0 Å². The van der Waals surface area contributed by atoms with Crippen molar-refractivity contribution in [3.05, 3.63) is 35.1 Å². The molecule has 2 nitrogen and oxygen atoms in total. The molecule has 0 N–H and O–H groups in total. The Kier molecular flexibility index (Phi) is 4.49.